The molecule has 0 fully saturated rings. The maximum atomic E-state index is 12.3. The fraction of sp³-hybridized carbons (Fsp3) is 0.0625. The lowest BCUT2D eigenvalue weighted by atomic mass is 10.1. The number of anilines is 1. The lowest BCUT2D eigenvalue weighted by molar-refractivity contribution is 0.102. The summed E-state index contributed by atoms with van der Waals surface area (Å²) in [5, 5.41) is 4.82. The van der Waals surface area contributed by atoms with E-state index in [0.717, 1.165) is 10.6 Å². The van der Waals surface area contributed by atoms with Gasteiger partial charge in [0.25, 0.3) is 5.91 Å². The number of nitrogens with zero attached hydrogens (tertiary/aromatic N) is 2. The Bertz CT molecular complexity index is 754. The molecule has 0 aliphatic rings. The Balaban J connectivity index is 1.84. The summed E-state index contributed by atoms with van der Waals surface area (Å²) in [5.41, 5.74) is 2.84. The Kier molecular flexibility index (Phi) is 3.75. The van der Waals surface area contributed by atoms with Gasteiger partial charge in [-0.05, 0) is 42.6 Å². The number of carbonyl (C=O) groups is 1. The second-order valence-electron chi connectivity index (χ2n) is 4.50. The Morgan fingerprint density at radius 1 is 1.19 bits per heavy atom. The number of aryl methyl sites for hydroxylation is 1. The fourth-order valence-corrected chi connectivity index (χ4v) is 2.69. The number of amides is 1. The summed E-state index contributed by atoms with van der Waals surface area (Å²) in [4.78, 5) is 21.8. The fourth-order valence-electron chi connectivity index (χ4n) is 2.00. The molecule has 1 amide bonds. The molecule has 0 aliphatic carbocycles. The Hall–Kier alpha value is -2.53. The van der Waals surface area contributed by atoms with Gasteiger partial charge in [0.1, 0.15) is 0 Å². The molecular weight excluding hydrogens is 282 g/mol. The van der Waals surface area contributed by atoms with E-state index in [1.807, 2.05) is 36.6 Å². The van der Waals surface area contributed by atoms with Crippen molar-refractivity contribution in [2.75, 3.05) is 5.32 Å². The zero-order valence-corrected chi connectivity index (χ0v) is 12.2. The van der Waals surface area contributed by atoms with Crippen molar-refractivity contribution in [3.8, 4) is 10.6 Å². The number of pyridine rings is 2. The molecule has 104 valence electrons. The summed E-state index contributed by atoms with van der Waals surface area (Å²) >= 11 is 1.63. The van der Waals surface area contributed by atoms with E-state index in [-0.39, 0.29) is 5.91 Å². The molecule has 0 bridgehead atoms. The van der Waals surface area contributed by atoms with Crippen LogP contribution in [0.2, 0.25) is 0 Å². The van der Waals surface area contributed by atoms with Crippen LogP contribution in [0.5, 0.6) is 0 Å². The van der Waals surface area contributed by atoms with Crippen LogP contribution in [0.4, 0.5) is 5.69 Å². The average molecular weight is 295 g/mol. The van der Waals surface area contributed by atoms with Gasteiger partial charge in [0, 0.05) is 6.20 Å². The van der Waals surface area contributed by atoms with Gasteiger partial charge >= 0.3 is 0 Å². The third-order valence-corrected chi connectivity index (χ3v) is 3.92. The molecule has 0 spiro atoms. The van der Waals surface area contributed by atoms with Crippen LogP contribution >= 0.6 is 11.3 Å². The van der Waals surface area contributed by atoms with Gasteiger partial charge in [-0.25, -0.2) is 0 Å². The predicted octanol–water partition coefficient (Wildman–Crippen LogP) is 3.77. The number of carbonyl (C=O) groups excluding carboxylic acids is 1. The van der Waals surface area contributed by atoms with Gasteiger partial charge in [-0.3, -0.25) is 14.8 Å². The van der Waals surface area contributed by atoms with Crippen LogP contribution in [-0.4, -0.2) is 15.9 Å². The smallest absolute Gasteiger partial charge is 0.257 e. The minimum Gasteiger partial charge on any atom is -0.321 e. The van der Waals surface area contributed by atoms with Crippen LogP contribution in [0.15, 0.2) is 54.2 Å². The maximum absolute atomic E-state index is 12.3. The molecule has 0 saturated carbocycles. The van der Waals surface area contributed by atoms with Gasteiger partial charge in [-0.1, -0.05) is 6.07 Å². The monoisotopic (exact) mass is 295 g/mol. The van der Waals surface area contributed by atoms with Gasteiger partial charge in [0.2, 0.25) is 0 Å². The number of aromatic nitrogens is 2. The van der Waals surface area contributed by atoms with E-state index in [1.165, 1.54) is 0 Å². The third kappa shape index (κ3) is 2.98. The van der Waals surface area contributed by atoms with Crippen molar-refractivity contribution in [1.29, 1.82) is 0 Å². The van der Waals surface area contributed by atoms with E-state index in [4.69, 9.17) is 0 Å². The Morgan fingerprint density at radius 3 is 2.76 bits per heavy atom. The molecule has 1 N–H and O–H groups in total. The first-order chi connectivity index (χ1) is 10.2. The highest BCUT2D eigenvalue weighted by molar-refractivity contribution is 7.13. The van der Waals surface area contributed by atoms with Crippen molar-refractivity contribution < 1.29 is 4.79 Å². The van der Waals surface area contributed by atoms with E-state index in [0.29, 0.717) is 16.9 Å². The van der Waals surface area contributed by atoms with E-state index in [2.05, 4.69) is 15.3 Å². The third-order valence-electron chi connectivity index (χ3n) is 3.02. The number of hydrogen-bond acceptors (Lipinski definition) is 4. The van der Waals surface area contributed by atoms with Crippen LogP contribution in [0.3, 0.4) is 0 Å². The highest BCUT2D eigenvalue weighted by Crippen LogP contribution is 2.24. The minimum absolute atomic E-state index is 0.175. The number of nitrogens with one attached hydrogen (secondary N) is 1. The summed E-state index contributed by atoms with van der Waals surface area (Å²) in [5.74, 6) is -0.175. The van der Waals surface area contributed by atoms with Crippen LogP contribution in [0.1, 0.15) is 16.1 Å². The maximum Gasteiger partial charge on any atom is 0.257 e. The second kappa shape index (κ2) is 5.85. The quantitative estimate of drug-likeness (QED) is 0.800. The largest absolute Gasteiger partial charge is 0.321 e. The van der Waals surface area contributed by atoms with E-state index in [9.17, 15) is 4.79 Å². The number of hydrogen-bond donors (Lipinski definition) is 1. The molecule has 0 atom stereocenters. The minimum atomic E-state index is -0.175. The predicted molar refractivity (Wildman–Crippen MR) is 84.5 cm³/mol. The van der Waals surface area contributed by atoms with Crippen molar-refractivity contribution in [2.45, 2.75) is 6.92 Å². The van der Waals surface area contributed by atoms with Crippen molar-refractivity contribution in [2.24, 2.45) is 0 Å². The molecule has 0 aromatic carbocycles. The first-order valence-electron chi connectivity index (χ1n) is 6.47. The van der Waals surface area contributed by atoms with Gasteiger partial charge in [0.15, 0.2) is 0 Å². The molecule has 21 heavy (non-hydrogen) atoms. The van der Waals surface area contributed by atoms with Gasteiger partial charge < -0.3 is 5.32 Å². The summed E-state index contributed by atoms with van der Waals surface area (Å²) in [6.45, 7) is 1.84. The first kappa shape index (κ1) is 13.5. The van der Waals surface area contributed by atoms with Crippen molar-refractivity contribution in [3.63, 3.8) is 0 Å². The van der Waals surface area contributed by atoms with Crippen molar-refractivity contribution in [1.82, 2.24) is 9.97 Å². The van der Waals surface area contributed by atoms with Gasteiger partial charge in [0.05, 0.1) is 33.7 Å². The molecule has 0 radical (unpaired) electrons. The molecule has 0 aliphatic heterocycles. The van der Waals surface area contributed by atoms with Gasteiger partial charge in [-0.2, -0.15) is 0 Å². The van der Waals surface area contributed by atoms with Crippen molar-refractivity contribution >= 4 is 22.9 Å². The normalized spacial score (nSPS) is 10.3. The van der Waals surface area contributed by atoms with E-state index < -0.39 is 0 Å². The van der Waals surface area contributed by atoms with Crippen molar-refractivity contribution in [3.05, 3.63) is 65.4 Å². The van der Waals surface area contributed by atoms with Gasteiger partial charge in [-0.15, -0.1) is 11.3 Å². The molecule has 5 heteroatoms. The first-order valence-corrected chi connectivity index (χ1v) is 7.35. The molecule has 3 aromatic rings. The summed E-state index contributed by atoms with van der Waals surface area (Å²) in [6, 6.07) is 11.3. The highest BCUT2D eigenvalue weighted by Gasteiger charge is 2.12. The number of thiophene rings is 1. The van der Waals surface area contributed by atoms with E-state index >= 15 is 0 Å². The lowest BCUT2D eigenvalue weighted by Crippen LogP contribution is -2.14. The Morgan fingerprint density at radius 2 is 2.10 bits per heavy atom. The standard InChI is InChI=1S/C16H13N3OS/c1-11-13(16(20)19-12-4-2-8-17-10-12)6-7-14(18-11)15-5-3-9-21-15/h2-10H,1H3,(H,19,20). The second-order valence-corrected chi connectivity index (χ2v) is 5.45. The van der Waals surface area contributed by atoms with E-state index in [1.54, 1.807) is 35.9 Å². The highest BCUT2D eigenvalue weighted by atomic mass is 32.1. The Labute approximate surface area is 126 Å². The summed E-state index contributed by atoms with van der Waals surface area (Å²) < 4.78 is 0. The average Bonchev–Trinajstić information content (AvgIpc) is 3.02. The summed E-state index contributed by atoms with van der Waals surface area (Å²) in [6.07, 6.45) is 3.28. The molecule has 3 rings (SSSR count). The molecule has 0 unspecified atom stereocenters. The molecule has 3 aromatic heterocycles. The summed E-state index contributed by atoms with van der Waals surface area (Å²) in [7, 11) is 0. The molecule has 3 heterocycles. The lowest BCUT2D eigenvalue weighted by Gasteiger charge is -2.08. The molecular formula is C16H13N3OS. The molecule has 0 saturated heterocycles. The molecule has 4 nitrogen and oxygen atoms in total. The number of rotatable bonds is 3. The topological polar surface area (TPSA) is 54.9 Å². The van der Waals surface area contributed by atoms with Crippen LogP contribution in [0, 0.1) is 6.92 Å². The van der Waals surface area contributed by atoms with Crippen LogP contribution < -0.4 is 5.32 Å². The SMILES string of the molecule is Cc1nc(-c2cccs2)ccc1C(=O)Nc1cccnc1. The zero-order chi connectivity index (χ0) is 14.7. The van der Waals surface area contributed by atoms with Crippen LogP contribution in [0.25, 0.3) is 10.6 Å². The zero-order valence-electron chi connectivity index (χ0n) is 11.4. The van der Waals surface area contributed by atoms with Crippen LogP contribution in [-0.2, 0) is 0 Å².